The Bertz CT molecular complexity index is 672. The summed E-state index contributed by atoms with van der Waals surface area (Å²) in [6.07, 6.45) is 1.97. The van der Waals surface area contributed by atoms with Crippen LogP contribution in [0.4, 0.5) is 0 Å². The molecule has 4 nitrogen and oxygen atoms in total. The lowest BCUT2D eigenvalue weighted by Crippen LogP contribution is -1.88. The van der Waals surface area contributed by atoms with Crippen molar-refractivity contribution in [1.29, 1.82) is 0 Å². The summed E-state index contributed by atoms with van der Waals surface area (Å²) in [6, 6.07) is 12.1. The van der Waals surface area contributed by atoms with Crippen LogP contribution in [0.3, 0.4) is 0 Å². The molecule has 0 aliphatic heterocycles. The third-order valence-electron chi connectivity index (χ3n) is 2.85. The summed E-state index contributed by atoms with van der Waals surface area (Å²) in [5.41, 5.74) is 1.78. The summed E-state index contributed by atoms with van der Waals surface area (Å²) in [5, 5.41) is 8.30. The largest absolute Gasteiger partial charge is 0.263 e. The van der Waals surface area contributed by atoms with Crippen molar-refractivity contribution in [1.82, 2.24) is 20.2 Å². The molecule has 0 amide bonds. The second-order valence-electron chi connectivity index (χ2n) is 4.24. The van der Waals surface area contributed by atoms with Crippen LogP contribution in [0.5, 0.6) is 0 Å². The van der Waals surface area contributed by atoms with Crippen LogP contribution in [0, 0.1) is 0 Å². The molecule has 18 heavy (non-hydrogen) atoms. The minimum Gasteiger partial charge on any atom is -0.263 e. The van der Waals surface area contributed by atoms with Crippen LogP contribution < -0.4 is 0 Å². The predicted octanol–water partition coefficient (Wildman–Crippen LogP) is 2.97. The molecule has 2 heterocycles. The zero-order valence-corrected chi connectivity index (χ0v) is 10.2. The van der Waals surface area contributed by atoms with Crippen LogP contribution in [-0.4, -0.2) is 20.2 Å². The van der Waals surface area contributed by atoms with Crippen molar-refractivity contribution in [3.05, 3.63) is 42.2 Å². The first-order valence-corrected chi connectivity index (χ1v) is 6.14. The number of benzene rings is 1. The highest BCUT2D eigenvalue weighted by atomic mass is 15.2. The fraction of sp³-hybridized carbons (Fsp3) is 0.214. The smallest absolute Gasteiger partial charge is 0.199 e. The molecule has 0 unspecified atom stereocenters. The van der Waals surface area contributed by atoms with E-state index in [1.807, 2.05) is 36.4 Å². The molecular formula is C14H14N4. The lowest BCUT2D eigenvalue weighted by Gasteiger charge is -1.98. The summed E-state index contributed by atoms with van der Waals surface area (Å²) in [5.74, 6) is 1.59. The van der Waals surface area contributed by atoms with Gasteiger partial charge in [-0.3, -0.25) is 5.10 Å². The monoisotopic (exact) mass is 238 g/mol. The maximum Gasteiger partial charge on any atom is 0.199 e. The molecule has 0 aliphatic carbocycles. The molecule has 3 aromatic rings. The maximum absolute atomic E-state index is 4.57. The summed E-state index contributed by atoms with van der Waals surface area (Å²) < 4.78 is 0. The fourth-order valence-corrected chi connectivity index (χ4v) is 1.95. The van der Waals surface area contributed by atoms with Gasteiger partial charge in [-0.05, 0) is 18.6 Å². The molecule has 1 N–H and O–H groups in total. The number of hydrogen-bond acceptors (Lipinski definition) is 3. The molecule has 1 aromatic carbocycles. The number of rotatable bonds is 3. The quantitative estimate of drug-likeness (QED) is 0.763. The average molecular weight is 238 g/mol. The number of nitrogens with one attached hydrogen (secondary N) is 1. The van der Waals surface area contributed by atoms with E-state index in [4.69, 9.17) is 0 Å². The molecule has 2 aromatic heterocycles. The molecule has 90 valence electrons. The van der Waals surface area contributed by atoms with Crippen molar-refractivity contribution in [2.24, 2.45) is 0 Å². The second-order valence-corrected chi connectivity index (χ2v) is 4.24. The number of pyridine rings is 1. The highest BCUT2D eigenvalue weighted by Crippen LogP contribution is 2.17. The van der Waals surface area contributed by atoms with Gasteiger partial charge in [0.1, 0.15) is 11.5 Å². The highest BCUT2D eigenvalue weighted by Gasteiger charge is 2.07. The van der Waals surface area contributed by atoms with Gasteiger partial charge in [-0.2, -0.15) is 5.10 Å². The first-order chi connectivity index (χ1) is 8.86. The maximum atomic E-state index is 4.57. The van der Waals surface area contributed by atoms with Gasteiger partial charge in [-0.15, -0.1) is 0 Å². The molecule has 0 atom stereocenters. The summed E-state index contributed by atoms with van der Waals surface area (Å²) in [7, 11) is 0. The van der Waals surface area contributed by atoms with E-state index in [0.717, 1.165) is 35.3 Å². The van der Waals surface area contributed by atoms with Crippen LogP contribution in [0.25, 0.3) is 22.4 Å². The Balaban J connectivity index is 2.02. The van der Waals surface area contributed by atoms with E-state index in [1.54, 1.807) is 0 Å². The Morgan fingerprint density at radius 2 is 1.94 bits per heavy atom. The molecule has 0 radical (unpaired) electrons. The Hall–Kier alpha value is -2.23. The Labute approximate surface area is 105 Å². The van der Waals surface area contributed by atoms with E-state index in [-0.39, 0.29) is 0 Å². The highest BCUT2D eigenvalue weighted by molar-refractivity contribution is 5.80. The minimum atomic E-state index is 0.671. The van der Waals surface area contributed by atoms with Crippen molar-refractivity contribution < 1.29 is 0 Å². The molecule has 4 heteroatoms. The van der Waals surface area contributed by atoms with Gasteiger partial charge in [0.15, 0.2) is 5.82 Å². The normalized spacial score (nSPS) is 10.9. The second kappa shape index (κ2) is 4.56. The molecule has 3 rings (SSSR count). The molecule has 0 fully saturated rings. The Morgan fingerprint density at radius 1 is 1.06 bits per heavy atom. The van der Waals surface area contributed by atoms with E-state index in [2.05, 4.69) is 27.1 Å². The van der Waals surface area contributed by atoms with Gasteiger partial charge in [0.05, 0.1) is 5.52 Å². The van der Waals surface area contributed by atoms with Gasteiger partial charge in [-0.25, -0.2) is 9.97 Å². The summed E-state index contributed by atoms with van der Waals surface area (Å²) in [6.45, 7) is 2.12. The van der Waals surface area contributed by atoms with Crippen molar-refractivity contribution >= 4 is 10.9 Å². The Kier molecular flexibility index (Phi) is 2.76. The number of nitrogens with zero attached hydrogens (tertiary/aromatic N) is 3. The minimum absolute atomic E-state index is 0.671. The van der Waals surface area contributed by atoms with Gasteiger partial charge in [0, 0.05) is 11.8 Å². The number of aromatic amines is 1. The zero-order chi connectivity index (χ0) is 12.4. The summed E-state index contributed by atoms with van der Waals surface area (Å²) >= 11 is 0. The van der Waals surface area contributed by atoms with Crippen LogP contribution in [0.2, 0.25) is 0 Å². The van der Waals surface area contributed by atoms with Crippen LogP contribution in [-0.2, 0) is 6.42 Å². The average Bonchev–Trinajstić information content (AvgIpc) is 2.87. The standard InChI is InChI=1S/C14H14N4/c1-2-5-13-16-14(18-17-13)12-9-8-10-6-3-4-7-11(10)15-12/h3-4,6-9H,2,5H2,1H3,(H,16,17,18). The zero-order valence-electron chi connectivity index (χ0n) is 10.2. The van der Waals surface area contributed by atoms with Gasteiger partial charge in [-0.1, -0.05) is 31.2 Å². The number of H-pyrrole nitrogens is 1. The summed E-state index contributed by atoms with van der Waals surface area (Å²) in [4.78, 5) is 9.02. The number of aromatic nitrogens is 4. The van der Waals surface area contributed by atoms with E-state index >= 15 is 0 Å². The first kappa shape index (κ1) is 10.9. The molecule has 0 saturated carbocycles. The molecule has 0 saturated heterocycles. The van der Waals surface area contributed by atoms with Gasteiger partial charge < -0.3 is 0 Å². The van der Waals surface area contributed by atoms with Crippen molar-refractivity contribution in [2.75, 3.05) is 0 Å². The van der Waals surface area contributed by atoms with Gasteiger partial charge >= 0.3 is 0 Å². The van der Waals surface area contributed by atoms with Crippen molar-refractivity contribution in [3.63, 3.8) is 0 Å². The van der Waals surface area contributed by atoms with Crippen LogP contribution in [0.15, 0.2) is 36.4 Å². The fourth-order valence-electron chi connectivity index (χ4n) is 1.95. The molecule has 0 spiro atoms. The van der Waals surface area contributed by atoms with Crippen LogP contribution in [0.1, 0.15) is 19.2 Å². The Morgan fingerprint density at radius 3 is 2.83 bits per heavy atom. The number of para-hydroxylation sites is 1. The molecule has 0 aliphatic rings. The van der Waals surface area contributed by atoms with Crippen molar-refractivity contribution in [3.8, 4) is 11.5 Å². The molecule has 0 bridgehead atoms. The van der Waals surface area contributed by atoms with E-state index in [9.17, 15) is 0 Å². The van der Waals surface area contributed by atoms with Gasteiger partial charge in [0.25, 0.3) is 0 Å². The number of aryl methyl sites for hydroxylation is 1. The molecular weight excluding hydrogens is 224 g/mol. The van der Waals surface area contributed by atoms with E-state index in [0.29, 0.717) is 5.82 Å². The lowest BCUT2D eigenvalue weighted by molar-refractivity contribution is 0.841. The number of fused-ring (bicyclic) bond motifs is 1. The van der Waals surface area contributed by atoms with Crippen LogP contribution >= 0.6 is 0 Å². The van der Waals surface area contributed by atoms with Crippen molar-refractivity contribution in [2.45, 2.75) is 19.8 Å². The van der Waals surface area contributed by atoms with E-state index in [1.165, 1.54) is 0 Å². The first-order valence-electron chi connectivity index (χ1n) is 6.14. The SMILES string of the molecule is CCCc1nc(-c2ccc3ccccc3n2)n[nH]1. The van der Waals surface area contributed by atoms with E-state index < -0.39 is 0 Å². The third kappa shape index (κ3) is 1.97. The van der Waals surface area contributed by atoms with Gasteiger partial charge in [0.2, 0.25) is 0 Å². The third-order valence-corrected chi connectivity index (χ3v) is 2.85. The lowest BCUT2D eigenvalue weighted by atomic mass is 10.2. The predicted molar refractivity (Wildman–Crippen MR) is 71.1 cm³/mol. The number of hydrogen-bond donors (Lipinski definition) is 1. The topological polar surface area (TPSA) is 54.5 Å².